The maximum atomic E-state index is 15.0. The smallest absolute Gasteiger partial charge is 0.345 e. The van der Waals surface area contributed by atoms with Crippen LogP contribution in [-0.4, -0.2) is 36.5 Å². The minimum Gasteiger partial charge on any atom is -0.345 e. The normalized spacial score (nSPS) is 15.4. The number of nitrogens with one attached hydrogen (secondary N) is 2. The molecule has 4 nitrogen and oxygen atoms in total. The third-order valence-electron chi connectivity index (χ3n) is 4.78. The molecule has 1 rings (SSSR count). The third kappa shape index (κ3) is 10.6. The highest BCUT2D eigenvalue weighted by atomic mass is 35.5. The summed E-state index contributed by atoms with van der Waals surface area (Å²) in [5.41, 5.74) is -0.796. The maximum Gasteiger partial charge on any atom is 0.405 e. The molecule has 0 saturated carbocycles. The second kappa shape index (κ2) is 13.8. The average Bonchev–Trinajstić information content (AvgIpc) is 2.78. The van der Waals surface area contributed by atoms with E-state index >= 15 is 0 Å². The fourth-order valence-corrected chi connectivity index (χ4v) is 3.58. The number of carbonyl (C=O) groups is 2. The van der Waals surface area contributed by atoms with Gasteiger partial charge in [-0.2, -0.15) is 13.2 Å². The van der Waals surface area contributed by atoms with Gasteiger partial charge in [-0.3, -0.25) is 9.59 Å². The van der Waals surface area contributed by atoms with E-state index in [4.69, 9.17) is 46.4 Å². The van der Waals surface area contributed by atoms with E-state index in [0.717, 1.165) is 31.2 Å². The molecule has 38 heavy (non-hydrogen) atoms. The van der Waals surface area contributed by atoms with Crippen molar-refractivity contribution < 1.29 is 35.9 Å². The van der Waals surface area contributed by atoms with Crippen LogP contribution in [0.25, 0.3) is 5.83 Å². The van der Waals surface area contributed by atoms with Crippen LogP contribution < -0.4 is 10.6 Å². The number of hydrogen-bond acceptors (Lipinski definition) is 2. The highest BCUT2D eigenvalue weighted by molar-refractivity contribution is 6.47. The van der Waals surface area contributed by atoms with E-state index in [9.17, 15) is 35.9 Å². The van der Waals surface area contributed by atoms with Crippen LogP contribution in [0.5, 0.6) is 0 Å². The summed E-state index contributed by atoms with van der Waals surface area (Å²) in [5, 5.41) is 3.26. The SMILES string of the molecule is C=C(/C=C(Cl)\C(Cl)=C(/C)Cl)C(/C=C(\F)c1ccc(C(=O)N[C@H](C)C(=O)NCC(F)(F)F)c(Cl)c1)C(C)(F)F. The molecule has 1 aromatic rings. The van der Waals surface area contributed by atoms with Crippen molar-refractivity contribution in [3.05, 3.63) is 73.7 Å². The Morgan fingerprint density at radius 2 is 1.71 bits per heavy atom. The number of halogens is 10. The summed E-state index contributed by atoms with van der Waals surface area (Å²) >= 11 is 23.6. The van der Waals surface area contributed by atoms with Gasteiger partial charge in [-0.15, -0.1) is 0 Å². The summed E-state index contributed by atoms with van der Waals surface area (Å²) in [6, 6.07) is 1.73. The molecule has 0 spiro atoms. The summed E-state index contributed by atoms with van der Waals surface area (Å²) in [4.78, 5) is 24.2. The zero-order valence-corrected chi connectivity index (χ0v) is 23.1. The van der Waals surface area contributed by atoms with Crippen molar-refractivity contribution in [3.8, 4) is 0 Å². The molecule has 0 radical (unpaired) electrons. The van der Waals surface area contributed by atoms with Gasteiger partial charge >= 0.3 is 6.18 Å². The number of hydrogen-bond donors (Lipinski definition) is 2. The van der Waals surface area contributed by atoms with Gasteiger partial charge in [-0.25, -0.2) is 13.2 Å². The first-order valence-corrected chi connectivity index (χ1v) is 12.0. The fraction of sp³-hybridized carbons (Fsp3) is 0.333. The summed E-state index contributed by atoms with van der Waals surface area (Å²) in [6.45, 7) is 5.05. The van der Waals surface area contributed by atoms with E-state index in [0.29, 0.717) is 13.0 Å². The van der Waals surface area contributed by atoms with Gasteiger partial charge in [0.05, 0.1) is 26.6 Å². The van der Waals surface area contributed by atoms with Crippen LogP contribution >= 0.6 is 46.4 Å². The van der Waals surface area contributed by atoms with Crippen LogP contribution in [0.15, 0.2) is 57.6 Å². The zero-order chi connectivity index (χ0) is 29.6. The first kappa shape index (κ1) is 33.9. The molecule has 2 amide bonds. The molecule has 210 valence electrons. The van der Waals surface area contributed by atoms with Crippen molar-refractivity contribution in [2.45, 2.75) is 38.9 Å². The molecule has 0 bridgehead atoms. The van der Waals surface area contributed by atoms with Crippen LogP contribution in [0.2, 0.25) is 5.02 Å². The number of allylic oxidation sites excluding steroid dienone is 6. The molecule has 0 aliphatic heterocycles. The molecule has 0 aromatic heterocycles. The lowest BCUT2D eigenvalue weighted by Gasteiger charge is -2.22. The van der Waals surface area contributed by atoms with Crippen LogP contribution in [0, 0.1) is 5.92 Å². The lowest BCUT2D eigenvalue weighted by atomic mass is 9.92. The van der Waals surface area contributed by atoms with E-state index in [2.05, 4.69) is 11.9 Å². The number of benzene rings is 1. The second-order valence-electron chi connectivity index (χ2n) is 8.09. The summed E-state index contributed by atoms with van der Waals surface area (Å²) in [7, 11) is 0. The Kier molecular flexibility index (Phi) is 12.3. The van der Waals surface area contributed by atoms with Crippen molar-refractivity contribution in [1.82, 2.24) is 10.6 Å². The Morgan fingerprint density at radius 1 is 1.13 bits per heavy atom. The molecule has 0 fully saturated rings. The van der Waals surface area contributed by atoms with Crippen LogP contribution in [0.3, 0.4) is 0 Å². The summed E-state index contributed by atoms with van der Waals surface area (Å²) in [6.07, 6.45) is -3.03. The Labute approximate surface area is 235 Å². The lowest BCUT2D eigenvalue weighted by Crippen LogP contribution is -2.47. The number of rotatable bonds is 10. The molecule has 1 unspecified atom stereocenters. The third-order valence-corrected chi connectivity index (χ3v) is 6.26. The molecule has 0 aliphatic rings. The maximum absolute atomic E-state index is 15.0. The van der Waals surface area contributed by atoms with Gasteiger partial charge in [0, 0.05) is 17.5 Å². The molecule has 14 heteroatoms. The Balaban J connectivity index is 3.16. The zero-order valence-electron chi connectivity index (χ0n) is 20.1. The molecule has 0 aliphatic carbocycles. The van der Waals surface area contributed by atoms with Crippen molar-refractivity contribution in [3.63, 3.8) is 0 Å². The van der Waals surface area contributed by atoms with Gasteiger partial charge in [0.25, 0.3) is 11.8 Å². The van der Waals surface area contributed by atoms with Gasteiger partial charge in [0.15, 0.2) is 0 Å². The van der Waals surface area contributed by atoms with E-state index in [1.807, 2.05) is 0 Å². The highest BCUT2D eigenvalue weighted by Crippen LogP contribution is 2.36. The molecule has 2 atom stereocenters. The Bertz CT molecular complexity index is 1170. The first-order valence-electron chi connectivity index (χ1n) is 10.5. The van der Waals surface area contributed by atoms with Crippen LogP contribution in [-0.2, 0) is 4.79 Å². The average molecular weight is 626 g/mol. The first-order chi connectivity index (χ1) is 17.2. The van der Waals surface area contributed by atoms with Gasteiger partial charge in [0.2, 0.25) is 5.91 Å². The molecule has 1 aromatic carbocycles. The number of carbonyl (C=O) groups excluding carboxylic acids is 2. The highest BCUT2D eigenvalue weighted by Gasteiger charge is 2.35. The number of alkyl halides is 5. The topological polar surface area (TPSA) is 58.2 Å². The minimum absolute atomic E-state index is 0.0948. The minimum atomic E-state index is -4.64. The predicted octanol–water partition coefficient (Wildman–Crippen LogP) is 8.11. The van der Waals surface area contributed by atoms with Gasteiger partial charge in [-0.05, 0) is 43.7 Å². The van der Waals surface area contributed by atoms with E-state index in [-0.39, 0.29) is 36.8 Å². The number of amides is 2. The largest absolute Gasteiger partial charge is 0.405 e. The fourth-order valence-electron chi connectivity index (χ4n) is 2.83. The van der Waals surface area contributed by atoms with Crippen molar-refractivity contribution in [1.29, 1.82) is 0 Å². The monoisotopic (exact) mass is 624 g/mol. The predicted molar refractivity (Wildman–Crippen MR) is 138 cm³/mol. The Hall–Kier alpha value is -2.14. The molecular formula is C24H22Cl4F6N2O2. The molecule has 2 N–H and O–H groups in total. The van der Waals surface area contributed by atoms with E-state index < -0.39 is 48.2 Å². The standard InChI is InChI=1S/C24H22Cl4F6N2O2/c1-11(7-18(27)20(28)12(2)25)16(23(4,30)31)9-19(29)14-5-6-15(17(26)8-14)22(38)36-13(3)21(37)35-10-24(32,33)34/h5-9,13,16H,1,10H2,2-4H3,(H,35,37)(H,36,38)/b18-7+,19-9-,20-12-/t13-,16?/m1/s1. The summed E-state index contributed by atoms with van der Waals surface area (Å²) in [5.74, 6) is -8.52. The Morgan fingerprint density at radius 3 is 2.18 bits per heavy atom. The summed E-state index contributed by atoms with van der Waals surface area (Å²) < 4.78 is 80.3. The molecular weight excluding hydrogens is 604 g/mol. The van der Waals surface area contributed by atoms with Gasteiger partial charge < -0.3 is 10.6 Å². The molecule has 0 heterocycles. The van der Waals surface area contributed by atoms with Crippen LogP contribution in [0.1, 0.15) is 36.7 Å². The van der Waals surface area contributed by atoms with Crippen molar-refractivity contribution in [2.24, 2.45) is 5.92 Å². The second-order valence-corrected chi connectivity index (χ2v) is 9.85. The lowest BCUT2D eigenvalue weighted by molar-refractivity contribution is -0.139. The quantitative estimate of drug-likeness (QED) is 0.204. The van der Waals surface area contributed by atoms with E-state index in [1.54, 1.807) is 5.32 Å². The van der Waals surface area contributed by atoms with Crippen LogP contribution in [0.4, 0.5) is 26.3 Å². The van der Waals surface area contributed by atoms with Crippen molar-refractivity contribution in [2.75, 3.05) is 6.54 Å². The molecule has 0 saturated heterocycles. The van der Waals surface area contributed by atoms with Gasteiger partial charge in [-0.1, -0.05) is 59.0 Å². The van der Waals surface area contributed by atoms with Crippen molar-refractivity contribution >= 4 is 64.0 Å². The van der Waals surface area contributed by atoms with Gasteiger partial charge in [0.1, 0.15) is 18.4 Å². The van der Waals surface area contributed by atoms with E-state index in [1.165, 1.54) is 6.92 Å².